The average molecular weight is 517 g/mol. The molecule has 2 aromatic carbocycles. The Bertz CT molecular complexity index is 1530. The van der Waals surface area contributed by atoms with E-state index in [1.54, 1.807) is 21.6 Å². The third-order valence-corrected chi connectivity index (χ3v) is 7.30. The maximum absolute atomic E-state index is 12.7. The molecular formula is C29H32N4O5. The van der Waals surface area contributed by atoms with Gasteiger partial charge in [0.1, 0.15) is 11.3 Å². The summed E-state index contributed by atoms with van der Waals surface area (Å²) in [5.74, 6) is 0.429. The van der Waals surface area contributed by atoms with Crippen molar-refractivity contribution in [3.05, 3.63) is 87.1 Å². The first-order valence-electron chi connectivity index (χ1n) is 13.0. The number of nitrogens with zero attached hydrogens (tertiary/aromatic N) is 2. The summed E-state index contributed by atoms with van der Waals surface area (Å²) in [6, 6.07) is 18.6. The Hall–Kier alpha value is -4.11. The Morgan fingerprint density at radius 2 is 1.74 bits per heavy atom. The summed E-state index contributed by atoms with van der Waals surface area (Å²) in [7, 11) is 0. The van der Waals surface area contributed by atoms with Gasteiger partial charge in [0.15, 0.2) is 6.61 Å². The number of fused-ring (bicyclic) bond motifs is 1. The van der Waals surface area contributed by atoms with Crippen LogP contribution < -0.4 is 16.0 Å². The number of benzene rings is 2. The van der Waals surface area contributed by atoms with Gasteiger partial charge in [0.25, 0.3) is 11.5 Å². The van der Waals surface area contributed by atoms with E-state index < -0.39 is 16.9 Å². The minimum Gasteiger partial charge on any atom is -0.484 e. The maximum atomic E-state index is 12.7. The molecule has 0 saturated carbocycles. The minimum absolute atomic E-state index is 0.0887. The first-order chi connectivity index (χ1) is 18.4. The van der Waals surface area contributed by atoms with Crippen molar-refractivity contribution in [1.29, 1.82) is 0 Å². The van der Waals surface area contributed by atoms with Crippen molar-refractivity contribution in [2.24, 2.45) is 0 Å². The number of ether oxygens (including phenoxy) is 1. The Morgan fingerprint density at radius 1 is 1.03 bits per heavy atom. The third-order valence-electron chi connectivity index (χ3n) is 7.30. The van der Waals surface area contributed by atoms with Crippen molar-refractivity contribution in [2.45, 2.75) is 44.8 Å². The molecule has 38 heavy (non-hydrogen) atoms. The normalized spacial score (nSPS) is 15.1. The first kappa shape index (κ1) is 25.5. The van der Waals surface area contributed by atoms with Gasteiger partial charge in [-0.25, -0.2) is 4.79 Å². The van der Waals surface area contributed by atoms with Crippen LogP contribution >= 0.6 is 0 Å². The third kappa shape index (κ3) is 5.15. The van der Waals surface area contributed by atoms with Crippen LogP contribution in [0.15, 0.2) is 70.3 Å². The fraction of sp³-hybridized carbons (Fsp3) is 0.345. The lowest BCUT2D eigenvalue weighted by atomic mass is 9.84. The highest BCUT2D eigenvalue weighted by Gasteiger charge is 2.35. The molecule has 4 aromatic rings. The number of H-pyrrole nitrogens is 2. The number of aromatic amines is 2. The van der Waals surface area contributed by atoms with Gasteiger partial charge in [0.05, 0.1) is 11.1 Å². The predicted molar refractivity (Wildman–Crippen MR) is 145 cm³/mol. The largest absolute Gasteiger partial charge is 0.484 e. The van der Waals surface area contributed by atoms with Crippen molar-refractivity contribution < 1.29 is 14.6 Å². The van der Waals surface area contributed by atoms with E-state index in [0.29, 0.717) is 55.0 Å². The van der Waals surface area contributed by atoms with E-state index in [9.17, 15) is 19.5 Å². The number of piperidine rings is 1. The first-order valence-corrected chi connectivity index (χ1v) is 13.0. The molecule has 9 heteroatoms. The summed E-state index contributed by atoms with van der Waals surface area (Å²) in [5.41, 5.74) is 1.60. The van der Waals surface area contributed by atoms with Gasteiger partial charge in [-0.3, -0.25) is 19.1 Å². The Kier molecular flexibility index (Phi) is 7.20. The van der Waals surface area contributed by atoms with Crippen LogP contribution in [0.5, 0.6) is 5.75 Å². The van der Waals surface area contributed by atoms with Gasteiger partial charge in [0, 0.05) is 25.3 Å². The summed E-state index contributed by atoms with van der Waals surface area (Å²) >= 11 is 0. The number of aromatic nitrogens is 3. The molecule has 1 aliphatic heterocycles. The zero-order valence-electron chi connectivity index (χ0n) is 21.4. The van der Waals surface area contributed by atoms with Crippen molar-refractivity contribution in [1.82, 2.24) is 19.4 Å². The van der Waals surface area contributed by atoms with E-state index >= 15 is 0 Å². The molecule has 1 saturated heterocycles. The smallest absolute Gasteiger partial charge is 0.328 e. The molecule has 0 aliphatic carbocycles. The lowest BCUT2D eigenvalue weighted by molar-refractivity contribution is -0.137. The number of aliphatic hydroxyl groups is 1. The van der Waals surface area contributed by atoms with E-state index in [1.807, 2.05) is 55.5 Å². The van der Waals surface area contributed by atoms with Gasteiger partial charge in [-0.1, -0.05) is 43.7 Å². The Labute approximate surface area is 219 Å². The van der Waals surface area contributed by atoms with Gasteiger partial charge in [-0.2, -0.15) is 0 Å². The average Bonchev–Trinajstić information content (AvgIpc) is 3.39. The minimum atomic E-state index is -0.910. The van der Waals surface area contributed by atoms with Gasteiger partial charge in [-0.15, -0.1) is 0 Å². The molecule has 9 nitrogen and oxygen atoms in total. The number of unbranched alkanes of at least 4 members (excludes halogenated alkanes) is 1. The molecule has 0 bridgehead atoms. The van der Waals surface area contributed by atoms with Crippen LogP contribution in [0.25, 0.3) is 22.3 Å². The number of hydrogen-bond acceptors (Lipinski definition) is 5. The molecule has 3 N–H and O–H groups in total. The fourth-order valence-corrected chi connectivity index (χ4v) is 4.99. The second kappa shape index (κ2) is 10.7. The number of amides is 1. The molecule has 3 heterocycles. The Balaban J connectivity index is 1.22. The fourth-order valence-electron chi connectivity index (χ4n) is 4.99. The van der Waals surface area contributed by atoms with Gasteiger partial charge < -0.3 is 19.7 Å². The van der Waals surface area contributed by atoms with Crippen LogP contribution in [0.3, 0.4) is 0 Å². The number of aryl methyl sites for hydroxylation is 1. The number of hydrogen-bond donors (Lipinski definition) is 3. The molecule has 0 atom stereocenters. The summed E-state index contributed by atoms with van der Waals surface area (Å²) in [5, 5.41) is 11.0. The van der Waals surface area contributed by atoms with Crippen molar-refractivity contribution in [2.75, 3.05) is 19.7 Å². The second-order valence-corrected chi connectivity index (χ2v) is 9.80. The van der Waals surface area contributed by atoms with E-state index in [-0.39, 0.29) is 12.5 Å². The van der Waals surface area contributed by atoms with Crippen LogP contribution in [-0.4, -0.2) is 50.1 Å². The molecule has 2 aromatic heterocycles. The number of carbonyl (C=O) groups is 1. The zero-order chi connectivity index (χ0) is 26.7. The van der Waals surface area contributed by atoms with E-state index in [2.05, 4.69) is 9.97 Å². The highest BCUT2D eigenvalue weighted by molar-refractivity contribution is 5.82. The molecule has 1 fully saturated rings. The molecule has 0 unspecified atom stereocenters. The van der Waals surface area contributed by atoms with Crippen molar-refractivity contribution in [3.63, 3.8) is 0 Å². The maximum Gasteiger partial charge on any atom is 0.328 e. The van der Waals surface area contributed by atoms with Crippen LogP contribution in [0.1, 0.15) is 38.2 Å². The summed E-state index contributed by atoms with van der Waals surface area (Å²) in [6.45, 7) is 3.42. The monoisotopic (exact) mass is 516 g/mol. The zero-order valence-corrected chi connectivity index (χ0v) is 21.4. The highest BCUT2D eigenvalue weighted by atomic mass is 16.5. The van der Waals surface area contributed by atoms with Gasteiger partial charge in [0.2, 0.25) is 0 Å². The van der Waals surface area contributed by atoms with E-state index in [4.69, 9.17) is 4.74 Å². The molecule has 1 amide bonds. The molecule has 5 rings (SSSR count). The second-order valence-electron chi connectivity index (χ2n) is 9.80. The molecule has 1 aliphatic rings. The quantitative estimate of drug-likeness (QED) is 0.332. The lowest BCUT2D eigenvalue weighted by Crippen LogP contribution is -2.46. The Morgan fingerprint density at radius 3 is 2.42 bits per heavy atom. The number of carbonyl (C=O) groups excluding carboxylic acids is 1. The highest BCUT2D eigenvalue weighted by Crippen LogP contribution is 2.32. The van der Waals surface area contributed by atoms with Gasteiger partial charge >= 0.3 is 5.69 Å². The molecule has 0 spiro atoms. The number of nitrogens with one attached hydrogen (secondary N) is 2. The molecule has 0 radical (unpaired) electrons. The van der Waals surface area contributed by atoms with Crippen molar-refractivity contribution in [3.8, 4) is 17.0 Å². The standard InChI is InChI=1S/C29H32N4O5/c1-2-3-15-33-24-18-23(30-26(24)27(35)31-28(33)36)20-9-11-22(12-10-20)38-19-25(34)32-16-13-29(37,14-17-32)21-7-5-4-6-8-21/h4-12,18,30,37H,2-3,13-17,19H2,1H3,(H,31,35,36). The molecule has 198 valence electrons. The number of rotatable bonds is 8. The van der Waals surface area contributed by atoms with Crippen molar-refractivity contribution >= 4 is 16.9 Å². The lowest BCUT2D eigenvalue weighted by Gasteiger charge is -2.38. The van der Waals surface area contributed by atoms with E-state index in [0.717, 1.165) is 24.0 Å². The van der Waals surface area contributed by atoms with E-state index in [1.165, 1.54) is 0 Å². The van der Waals surface area contributed by atoms with Gasteiger partial charge in [-0.05, 0) is 60.7 Å². The van der Waals surface area contributed by atoms with Crippen LogP contribution in [0, 0.1) is 0 Å². The SMILES string of the molecule is CCCCn1c(=O)[nH]c(=O)c2[nH]c(-c3ccc(OCC(=O)N4CCC(O)(c5ccccc5)CC4)cc3)cc21. The predicted octanol–water partition coefficient (Wildman–Crippen LogP) is 3.37. The topological polar surface area (TPSA) is 120 Å². The summed E-state index contributed by atoms with van der Waals surface area (Å²) in [4.78, 5) is 44.6. The summed E-state index contributed by atoms with van der Waals surface area (Å²) < 4.78 is 7.33. The van der Waals surface area contributed by atoms with Crippen LogP contribution in [0.2, 0.25) is 0 Å². The van der Waals surface area contributed by atoms with Crippen LogP contribution in [-0.2, 0) is 16.9 Å². The molecular weight excluding hydrogens is 484 g/mol. The summed E-state index contributed by atoms with van der Waals surface area (Å²) in [6.07, 6.45) is 2.73. The van der Waals surface area contributed by atoms with Crippen LogP contribution in [0.4, 0.5) is 0 Å². The number of likely N-dealkylation sites (tertiary alicyclic amines) is 1.